The van der Waals surface area contributed by atoms with Crippen molar-refractivity contribution in [3.63, 3.8) is 0 Å². The first-order valence-corrected chi connectivity index (χ1v) is 9.09. The molecule has 0 aromatic heterocycles. The maximum absolute atomic E-state index is 13.7. The van der Waals surface area contributed by atoms with Crippen LogP contribution in [-0.2, 0) is 11.3 Å². The Labute approximate surface area is 156 Å². The van der Waals surface area contributed by atoms with E-state index in [0.717, 1.165) is 5.56 Å². The van der Waals surface area contributed by atoms with Gasteiger partial charge in [-0.05, 0) is 61.3 Å². The van der Waals surface area contributed by atoms with Crippen LogP contribution in [0.25, 0.3) is 0 Å². The SMILES string of the molecule is CC1CN(Cc2cc(F)c(Br)cc2Cl)CCN1C(=O)OC(C)(C)C. The molecule has 1 heterocycles. The third-order valence-electron chi connectivity index (χ3n) is 3.82. The summed E-state index contributed by atoms with van der Waals surface area (Å²) in [5, 5.41) is 0.533. The van der Waals surface area contributed by atoms with E-state index in [-0.39, 0.29) is 18.0 Å². The lowest BCUT2D eigenvalue weighted by Gasteiger charge is -2.40. The second-order valence-electron chi connectivity index (χ2n) is 7.12. The zero-order valence-electron chi connectivity index (χ0n) is 14.4. The molecule has 0 bridgehead atoms. The summed E-state index contributed by atoms with van der Waals surface area (Å²) in [4.78, 5) is 16.1. The van der Waals surface area contributed by atoms with Gasteiger partial charge in [-0.25, -0.2) is 9.18 Å². The number of hydrogen-bond donors (Lipinski definition) is 0. The first-order chi connectivity index (χ1) is 11.1. The molecule has 0 radical (unpaired) electrons. The summed E-state index contributed by atoms with van der Waals surface area (Å²) in [6.45, 7) is 10.1. The molecule has 134 valence electrons. The third kappa shape index (κ3) is 5.07. The molecule has 1 aliphatic rings. The largest absolute Gasteiger partial charge is 0.444 e. The van der Waals surface area contributed by atoms with Crippen molar-refractivity contribution in [2.75, 3.05) is 19.6 Å². The number of nitrogens with zero attached hydrogens (tertiary/aromatic N) is 2. The highest BCUT2D eigenvalue weighted by molar-refractivity contribution is 9.10. The molecule has 24 heavy (non-hydrogen) atoms. The van der Waals surface area contributed by atoms with Gasteiger partial charge in [0.2, 0.25) is 0 Å². The fourth-order valence-electron chi connectivity index (χ4n) is 2.69. The number of amides is 1. The Kier molecular flexibility index (Phi) is 6.15. The van der Waals surface area contributed by atoms with E-state index in [1.165, 1.54) is 6.07 Å². The van der Waals surface area contributed by atoms with E-state index in [1.807, 2.05) is 27.7 Å². The Hall–Kier alpha value is -0.850. The van der Waals surface area contributed by atoms with Gasteiger partial charge in [0.05, 0.1) is 4.47 Å². The van der Waals surface area contributed by atoms with Gasteiger partial charge in [0.1, 0.15) is 11.4 Å². The predicted molar refractivity (Wildman–Crippen MR) is 96.8 cm³/mol. The molecule has 7 heteroatoms. The van der Waals surface area contributed by atoms with Crippen LogP contribution in [-0.4, -0.2) is 47.2 Å². The highest BCUT2D eigenvalue weighted by Gasteiger charge is 2.31. The number of ether oxygens (including phenoxy) is 1. The minimum absolute atomic E-state index is 0.0210. The van der Waals surface area contributed by atoms with Gasteiger partial charge in [-0.15, -0.1) is 0 Å². The van der Waals surface area contributed by atoms with Crippen LogP contribution in [0.5, 0.6) is 0 Å². The van der Waals surface area contributed by atoms with E-state index < -0.39 is 5.60 Å². The zero-order chi connectivity index (χ0) is 18.1. The molecule has 1 amide bonds. The van der Waals surface area contributed by atoms with Crippen molar-refractivity contribution < 1.29 is 13.9 Å². The fourth-order valence-corrected chi connectivity index (χ4v) is 3.39. The molecule has 2 rings (SSSR count). The number of carbonyl (C=O) groups is 1. The normalized spacial score (nSPS) is 19.5. The van der Waals surface area contributed by atoms with E-state index in [2.05, 4.69) is 20.8 Å². The number of halogens is 3. The van der Waals surface area contributed by atoms with Crippen LogP contribution in [0, 0.1) is 5.82 Å². The first-order valence-electron chi connectivity index (χ1n) is 7.92. The van der Waals surface area contributed by atoms with E-state index in [4.69, 9.17) is 16.3 Å². The second-order valence-corrected chi connectivity index (χ2v) is 8.38. The number of rotatable bonds is 2. The Morgan fingerprint density at radius 1 is 1.42 bits per heavy atom. The first kappa shape index (κ1) is 19.5. The molecule has 1 aromatic rings. The summed E-state index contributed by atoms with van der Waals surface area (Å²) < 4.78 is 19.5. The van der Waals surface area contributed by atoms with Gasteiger partial charge in [0.15, 0.2) is 0 Å². The van der Waals surface area contributed by atoms with E-state index in [0.29, 0.717) is 35.7 Å². The van der Waals surface area contributed by atoms with Gasteiger partial charge in [0.25, 0.3) is 0 Å². The number of carbonyl (C=O) groups excluding carboxylic acids is 1. The van der Waals surface area contributed by atoms with Crippen molar-refractivity contribution in [3.05, 3.63) is 33.0 Å². The Balaban J connectivity index is 1.98. The fraction of sp³-hybridized carbons (Fsp3) is 0.588. The molecule has 1 aliphatic heterocycles. The lowest BCUT2D eigenvalue weighted by atomic mass is 10.1. The molecule has 4 nitrogen and oxygen atoms in total. The molecule has 0 saturated carbocycles. The smallest absolute Gasteiger partial charge is 0.410 e. The summed E-state index contributed by atoms with van der Waals surface area (Å²) in [6, 6.07) is 3.05. The minimum Gasteiger partial charge on any atom is -0.444 e. The van der Waals surface area contributed by atoms with Crippen molar-refractivity contribution >= 4 is 33.6 Å². The third-order valence-corrected chi connectivity index (χ3v) is 4.78. The number of piperazine rings is 1. The van der Waals surface area contributed by atoms with Crippen LogP contribution >= 0.6 is 27.5 Å². The molecule has 1 saturated heterocycles. The van der Waals surface area contributed by atoms with Crippen LogP contribution in [0.4, 0.5) is 9.18 Å². The zero-order valence-corrected chi connectivity index (χ0v) is 16.7. The van der Waals surface area contributed by atoms with Crippen molar-refractivity contribution in [3.8, 4) is 0 Å². The maximum Gasteiger partial charge on any atom is 0.410 e. The van der Waals surface area contributed by atoms with Crippen LogP contribution < -0.4 is 0 Å². The molecular weight excluding hydrogens is 399 g/mol. The van der Waals surface area contributed by atoms with Gasteiger partial charge < -0.3 is 9.64 Å². The number of benzene rings is 1. The van der Waals surface area contributed by atoms with Crippen molar-refractivity contribution in [1.82, 2.24) is 9.80 Å². The standard InChI is InChI=1S/C17H23BrClFN2O2/c1-11-9-21(5-6-22(11)16(23)24-17(2,3)4)10-12-7-15(20)13(18)8-14(12)19/h7-8,11H,5-6,9-10H2,1-4H3. The molecule has 0 spiro atoms. The van der Waals surface area contributed by atoms with E-state index >= 15 is 0 Å². The van der Waals surface area contributed by atoms with Crippen LogP contribution in [0.1, 0.15) is 33.3 Å². The average Bonchev–Trinajstić information content (AvgIpc) is 2.42. The van der Waals surface area contributed by atoms with Crippen molar-refractivity contribution in [1.29, 1.82) is 0 Å². The number of hydrogen-bond acceptors (Lipinski definition) is 3. The predicted octanol–water partition coefficient (Wildman–Crippen LogP) is 4.68. The molecule has 1 unspecified atom stereocenters. The highest BCUT2D eigenvalue weighted by Crippen LogP contribution is 2.26. The average molecular weight is 422 g/mol. The molecule has 1 atom stereocenters. The van der Waals surface area contributed by atoms with Gasteiger partial charge in [-0.3, -0.25) is 4.90 Å². The summed E-state index contributed by atoms with van der Waals surface area (Å²) in [6.07, 6.45) is -0.289. The Morgan fingerprint density at radius 3 is 2.67 bits per heavy atom. The van der Waals surface area contributed by atoms with Crippen LogP contribution in [0.15, 0.2) is 16.6 Å². The summed E-state index contributed by atoms with van der Waals surface area (Å²) in [5.74, 6) is -0.324. The molecule has 0 aliphatic carbocycles. The lowest BCUT2D eigenvalue weighted by molar-refractivity contribution is 0.000559. The molecular formula is C17H23BrClFN2O2. The summed E-state index contributed by atoms with van der Waals surface area (Å²) >= 11 is 9.33. The second kappa shape index (κ2) is 7.58. The van der Waals surface area contributed by atoms with E-state index in [1.54, 1.807) is 11.0 Å². The summed E-state index contributed by atoms with van der Waals surface area (Å²) in [7, 11) is 0. The highest BCUT2D eigenvalue weighted by atomic mass is 79.9. The van der Waals surface area contributed by atoms with Gasteiger partial charge in [-0.1, -0.05) is 11.6 Å². The quantitative estimate of drug-likeness (QED) is 0.650. The lowest BCUT2D eigenvalue weighted by Crippen LogP contribution is -2.54. The van der Waals surface area contributed by atoms with E-state index in [9.17, 15) is 9.18 Å². The van der Waals surface area contributed by atoms with Crippen LogP contribution in [0.2, 0.25) is 5.02 Å². The monoisotopic (exact) mass is 420 g/mol. The van der Waals surface area contributed by atoms with Gasteiger partial charge >= 0.3 is 6.09 Å². The minimum atomic E-state index is -0.504. The van der Waals surface area contributed by atoms with Gasteiger partial charge in [-0.2, -0.15) is 0 Å². The molecule has 1 fully saturated rings. The topological polar surface area (TPSA) is 32.8 Å². The Morgan fingerprint density at radius 2 is 2.08 bits per heavy atom. The van der Waals surface area contributed by atoms with Crippen LogP contribution in [0.3, 0.4) is 0 Å². The Bertz CT molecular complexity index is 621. The van der Waals surface area contributed by atoms with Crippen molar-refractivity contribution in [2.24, 2.45) is 0 Å². The summed E-state index contributed by atoms with van der Waals surface area (Å²) in [5.41, 5.74) is 0.242. The maximum atomic E-state index is 13.7. The van der Waals surface area contributed by atoms with Crippen molar-refractivity contribution in [2.45, 2.75) is 45.9 Å². The molecule has 1 aromatic carbocycles. The van der Waals surface area contributed by atoms with Gasteiger partial charge in [0, 0.05) is 37.2 Å². The molecule has 0 N–H and O–H groups in total.